The molecule has 1 aromatic carbocycles. The van der Waals surface area contributed by atoms with Gasteiger partial charge in [0, 0.05) is 17.9 Å². The Labute approximate surface area is 123 Å². The molecule has 2 unspecified atom stereocenters. The molecule has 0 N–H and O–H groups in total. The number of ketones is 1. The smallest absolute Gasteiger partial charge is 0.309 e. The van der Waals surface area contributed by atoms with E-state index in [9.17, 15) is 9.59 Å². The van der Waals surface area contributed by atoms with Gasteiger partial charge in [0.05, 0.1) is 12.5 Å². The third kappa shape index (κ3) is 3.73. The third-order valence-electron chi connectivity index (χ3n) is 3.29. The van der Waals surface area contributed by atoms with Gasteiger partial charge in [-0.05, 0) is 31.5 Å². The second kappa shape index (κ2) is 6.75. The first kappa shape index (κ1) is 14.9. The van der Waals surface area contributed by atoms with Crippen molar-refractivity contribution in [2.24, 2.45) is 5.92 Å². The van der Waals surface area contributed by atoms with Crippen LogP contribution in [-0.2, 0) is 14.3 Å². The van der Waals surface area contributed by atoms with Gasteiger partial charge in [-0.1, -0.05) is 17.7 Å². The average Bonchev–Trinajstić information content (AvgIpc) is 2.41. The Morgan fingerprint density at radius 2 is 2.25 bits per heavy atom. The number of benzene rings is 1. The van der Waals surface area contributed by atoms with Gasteiger partial charge in [0.15, 0.2) is 11.9 Å². The lowest BCUT2D eigenvalue weighted by Crippen LogP contribution is -2.37. The van der Waals surface area contributed by atoms with E-state index in [2.05, 4.69) is 0 Å². The van der Waals surface area contributed by atoms with Crippen molar-refractivity contribution in [2.45, 2.75) is 32.3 Å². The standard InChI is InChI=1S/C15H17ClO4/c1-2-19-15(18)10-6-7-13(17)14(8-10)20-12-5-3-4-11(16)9-12/h3-5,9-10,14H,2,6-8H2,1H3. The minimum absolute atomic E-state index is 0.0190. The molecule has 0 aliphatic heterocycles. The van der Waals surface area contributed by atoms with Crippen molar-refractivity contribution < 1.29 is 19.1 Å². The van der Waals surface area contributed by atoms with E-state index >= 15 is 0 Å². The fourth-order valence-corrected chi connectivity index (χ4v) is 2.46. The summed E-state index contributed by atoms with van der Waals surface area (Å²) in [5.41, 5.74) is 0. The fourth-order valence-electron chi connectivity index (χ4n) is 2.28. The van der Waals surface area contributed by atoms with Crippen LogP contribution in [0.25, 0.3) is 0 Å². The molecule has 1 fully saturated rings. The normalized spacial score (nSPS) is 22.4. The summed E-state index contributed by atoms with van der Waals surface area (Å²) >= 11 is 5.88. The van der Waals surface area contributed by atoms with Gasteiger partial charge in [0.1, 0.15) is 5.75 Å². The highest BCUT2D eigenvalue weighted by Gasteiger charge is 2.34. The molecule has 0 aromatic heterocycles. The molecule has 1 aliphatic rings. The van der Waals surface area contributed by atoms with Gasteiger partial charge in [-0.2, -0.15) is 0 Å². The summed E-state index contributed by atoms with van der Waals surface area (Å²) in [4.78, 5) is 23.6. The number of esters is 1. The van der Waals surface area contributed by atoms with Crippen LogP contribution in [0, 0.1) is 5.92 Å². The summed E-state index contributed by atoms with van der Waals surface area (Å²) in [6.45, 7) is 2.12. The Kier molecular flexibility index (Phi) is 5.01. The van der Waals surface area contributed by atoms with Crippen molar-refractivity contribution in [1.29, 1.82) is 0 Å². The molecule has 1 saturated carbocycles. The van der Waals surface area contributed by atoms with Crippen LogP contribution in [0.1, 0.15) is 26.2 Å². The van der Waals surface area contributed by atoms with E-state index in [0.29, 0.717) is 36.6 Å². The molecule has 1 aromatic rings. The topological polar surface area (TPSA) is 52.6 Å². The second-order valence-corrected chi connectivity index (χ2v) is 5.19. The van der Waals surface area contributed by atoms with Gasteiger partial charge < -0.3 is 9.47 Å². The Morgan fingerprint density at radius 3 is 2.95 bits per heavy atom. The Bertz CT molecular complexity index is 500. The van der Waals surface area contributed by atoms with Crippen LogP contribution in [0.4, 0.5) is 0 Å². The molecule has 2 rings (SSSR count). The minimum atomic E-state index is -0.600. The highest BCUT2D eigenvalue weighted by molar-refractivity contribution is 6.30. The molecule has 0 spiro atoms. The molecule has 0 saturated heterocycles. The summed E-state index contributed by atoms with van der Waals surface area (Å²) < 4.78 is 10.7. The van der Waals surface area contributed by atoms with Crippen molar-refractivity contribution in [2.75, 3.05) is 6.61 Å². The van der Waals surface area contributed by atoms with Crippen molar-refractivity contribution >= 4 is 23.4 Å². The summed E-state index contributed by atoms with van der Waals surface area (Å²) in [6.07, 6.45) is 0.642. The van der Waals surface area contributed by atoms with Crippen LogP contribution in [0.3, 0.4) is 0 Å². The molecule has 0 radical (unpaired) electrons. The maximum atomic E-state index is 11.9. The first-order valence-electron chi connectivity index (χ1n) is 6.71. The number of Topliss-reactive ketones (excluding diaryl/α,β-unsaturated/α-hetero) is 1. The quantitative estimate of drug-likeness (QED) is 0.802. The SMILES string of the molecule is CCOC(=O)C1CCC(=O)C(Oc2cccc(Cl)c2)C1. The van der Waals surface area contributed by atoms with E-state index in [0.717, 1.165) is 0 Å². The number of hydrogen-bond donors (Lipinski definition) is 0. The molecule has 20 heavy (non-hydrogen) atoms. The van der Waals surface area contributed by atoms with Crippen molar-refractivity contribution in [1.82, 2.24) is 0 Å². The zero-order valence-electron chi connectivity index (χ0n) is 11.3. The molecule has 0 heterocycles. The number of carbonyl (C=O) groups excluding carboxylic acids is 2. The summed E-state index contributed by atoms with van der Waals surface area (Å²) in [5.74, 6) is 0.0439. The molecular weight excluding hydrogens is 280 g/mol. The van der Waals surface area contributed by atoms with E-state index in [1.807, 2.05) is 0 Å². The van der Waals surface area contributed by atoms with E-state index < -0.39 is 6.10 Å². The predicted octanol–water partition coefficient (Wildman–Crippen LogP) is 3.02. The number of rotatable bonds is 4. The Morgan fingerprint density at radius 1 is 1.45 bits per heavy atom. The molecule has 0 bridgehead atoms. The van der Waals surface area contributed by atoms with Crippen LogP contribution >= 0.6 is 11.6 Å². The van der Waals surface area contributed by atoms with E-state index in [4.69, 9.17) is 21.1 Å². The first-order valence-corrected chi connectivity index (χ1v) is 7.09. The van der Waals surface area contributed by atoms with Crippen LogP contribution in [0.5, 0.6) is 5.75 Å². The van der Waals surface area contributed by atoms with E-state index in [1.165, 1.54) is 0 Å². The van der Waals surface area contributed by atoms with Gasteiger partial charge in [-0.3, -0.25) is 9.59 Å². The summed E-state index contributed by atoms with van der Waals surface area (Å²) in [7, 11) is 0. The summed E-state index contributed by atoms with van der Waals surface area (Å²) in [6, 6.07) is 6.89. The van der Waals surface area contributed by atoms with Crippen LogP contribution in [0.15, 0.2) is 24.3 Å². The van der Waals surface area contributed by atoms with Gasteiger partial charge in [0.2, 0.25) is 0 Å². The van der Waals surface area contributed by atoms with Gasteiger partial charge in [0.25, 0.3) is 0 Å². The molecule has 108 valence electrons. The van der Waals surface area contributed by atoms with Crippen molar-refractivity contribution in [3.05, 3.63) is 29.3 Å². The number of halogens is 1. The third-order valence-corrected chi connectivity index (χ3v) is 3.53. The number of hydrogen-bond acceptors (Lipinski definition) is 4. The average molecular weight is 297 g/mol. The van der Waals surface area contributed by atoms with Crippen LogP contribution in [-0.4, -0.2) is 24.5 Å². The lowest BCUT2D eigenvalue weighted by molar-refractivity contribution is -0.151. The molecule has 4 nitrogen and oxygen atoms in total. The van der Waals surface area contributed by atoms with Gasteiger partial charge >= 0.3 is 5.97 Å². The highest BCUT2D eigenvalue weighted by atomic mass is 35.5. The Balaban J connectivity index is 2.02. The maximum Gasteiger partial charge on any atom is 0.309 e. The number of ether oxygens (including phenoxy) is 2. The molecule has 0 amide bonds. The van der Waals surface area contributed by atoms with Gasteiger partial charge in [-0.15, -0.1) is 0 Å². The van der Waals surface area contributed by atoms with Crippen LogP contribution < -0.4 is 4.74 Å². The molecule has 5 heteroatoms. The van der Waals surface area contributed by atoms with E-state index in [1.54, 1.807) is 31.2 Å². The molecular formula is C15H17ClO4. The lowest BCUT2D eigenvalue weighted by atomic mass is 9.86. The van der Waals surface area contributed by atoms with Crippen molar-refractivity contribution in [3.8, 4) is 5.75 Å². The Hall–Kier alpha value is -1.55. The summed E-state index contributed by atoms with van der Waals surface area (Å²) in [5, 5.41) is 0.549. The fraction of sp³-hybridized carbons (Fsp3) is 0.467. The van der Waals surface area contributed by atoms with Crippen molar-refractivity contribution in [3.63, 3.8) is 0 Å². The highest BCUT2D eigenvalue weighted by Crippen LogP contribution is 2.27. The molecule has 2 atom stereocenters. The monoisotopic (exact) mass is 296 g/mol. The number of carbonyl (C=O) groups is 2. The zero-order valence-corrected chi connectivity index (χ0v) is 12.1. The van der Waals surface area contributed by atoms with E-state index in [-0.39, 0.29) is 17.7 Å². The second-order valence-electron chi connectivity index (χ2n) is 4.75. The maximum absolute atomic E-state index is 11.9. The largest absolute Gasteiger partial charge is 0.483 e. The minimum Gasteiger partial charge on any atom is -0.483 e. The lowest BCUT2D eigenvalue weighted by Gasteiger charge is -2.27. The van der Waals surface area contributed by atoms with Crippen LogP contribution in [0.2, 0.25) is 5.02 Å². The first-order chi connectivity index (χ1) is 9.60. The molecule has 1 aliphatic carbocycles. The zero-order chi connectivity index (χ0) is 14.5. The predicted molar refractivity (Wildman–Crippen MR) is 74.8 cm³/mol. The van der Waals surface area contributed by atoms with Gasteiger partial charge in [-0.25, -0.2) is 0 Å².